The highest BCUT2D eigenvalue weighted by atomic mass is 16.5. The Bertz CT molecular complexity index is 850. The third kappa shape index (κ3) is 3.63. The molecule has 0 saturated heterocycles. The Hall–Kier alpha value is -3.38. The average Bonchev–Trinajstić information content (AvgIpc) is 2.89. The first-order chi connectivity index (χ1) is 11.1. The molecule has 114 valence electrons. The normalized spacial score (nSPS) is 10.7. The van der Waals surface area contributed by atoms with Gasteiger partial charge in [-0.1, -0.05) is 18.2 Å². The van der Waals surface area contributed by atoms with Crippen molar-refractivity contribution in [3.05, 3.63) is 52.9 Å². The number of aryl methyl sites for hydroxylation is 2. The van der Waals surface area contributed by atoms with E-state index >= 15 is 0 Å². The van der Waals surface area contributed by atoms with Crippen molar-refractivity contribution in [2.75, 3.05) is 6.61 Å². The van der Waals surface area contributed by atoms with E-state index in [9.17, 15) is 10.1 Å². The van der Waals surface area contributed by atoms with Gasteiger partial charge in [0, 0.05) is 11.3 Å². The molecular weight excluding hydrogens is 292 g/mol. The first-order valence-corrected chi connectivity index (χ1v) is 6.85. The Kier molecular flexibility index (Phi) is 4.91. The van der Waals surface area contributed by atoms with Crippen molar-refractivity contribution in [2.45, 2.75) is 13.8 Å². The molecule has 6 nitrogen and oxygen atoms in total. The van der Waals surface area contributed by atoms with E-state index < -0.39 is 5.91 Å². The second-order valence-electron chi connectivity index (χ2n) is 4.80. The molecule has 1 aromatic carbocycles. The minimum Gasteiger partial charge on any atom is -0.478 e. The highest BCUT2D eigenvalue weighted by molar-refractivity contribution is 6.03. The lowest BCUT2D eigenvalue weighted by Crippen LogP contribution is -2.15. The Morgan fingerprint density at radius 3 is 2.70 bits per heavy atom. The van der Waals surface area contributed by atoms with Gasteiger partial charge in [0.2, 0.25) is 0 Å². The molecular formula is C17H14N4O2. The van der Waals surface area contributed by atoms with Crippen molar-refractivity contribution in [3.8, 4) is 17.9 Å². The first-order valence-electron chi connectivity index (χ1n) is 6.85. The van der Waals surface area contributed by atoms with E-state index in [-0.39, 0.29) is 12.2 Å². The number of hydrogen-bond acceptors (Lipinski definition) is 5. The number of para-hydroxylation sites is 1. The summed E-state index contributed by atoms with van der Waals surface area (Å²) in [6, 6.07) is 12.4. The van der Waals surface area contributed by atoms with E-state index in [1.807, 2.05) is 12.1 Å². The fourth-order valence-corrected chi connectivity index (χ4v) is 2.09. The molecule has 23 heavy (non-hydrogen) atoms. The number of benzene rings is 1. The molecule has 0 N–H and O–H groups in total. The van der Waals surface area contributed by atoms with Gasteiger partial charge in [0.25, 0.3) is 5.91 Å². The highest BCUT2D eigenvalue weighted by Crippen LogP contribution is 2.21. The molecule has 0 radical (unpaired) electrons. The van der Waals surface area contributed by atoms with Crippen LogP contribution in [0, 0.1) is 36.5 Å². The lowest BCUT2D eigenvalue weighted by atomic mass is 10.1. The zero-order valence-corrected chi connectivity index (χ0v) is 12.8. The molecule has 6 heteroatoms. The molecule has 0 spiro atoms. The molecule has 2 aromatic rings. The zero-order chi connectivity index (χ0) is 16.8. The summed E-state index contributed by atoms with van der Waals surface area (Å²) in [6.07, 6.45) is 1.44. The van der Waals surface area contributed by atoms with Crippen LogP contribution in [0.2, 0.25) is 0 Å². The van der Waals surface area contributed by atoms with Crippen LogP contribution in [0.4, 0.5) is 0 Å². The molecule has 0 atom stereocenters. The van der Waals surface area contributed by atoms with E-state index in [1.54, 1.807) is 44.2 Å². The van der Waals surface area contributed by atoms with Crippen LogP contribution in [0.5, 0.6) is 5.75 Å². The molecule has 0 aliphatic heterocycles. The van der Waals surface area contributed by atoms with Crippen molar-refractivity contribution in [3.63, 3.8) is 0 Å². The predicted molar refractivity (Wildman–Crippen MR) is 83.5 cm³/mol. The standard InChI is InChI=1S/C17H14N4O2/c1-12-9-13(2)21(20-12)17(22)15(11-19)10-14-5-3-4-6-16(14)23-8-7-18/h3-6,9-10H,8H2,1-2H3/b15-10+. The quantitative estimate of drug-likeness (QED) is 0.639. The summed E-state index contributed by atoms with van der Waals surface area (Å²) in [5.41, 5.74) is 1.84. The molecule has 0 aliphatic rings. The summed E-state index contributed by atoms with van der Waals surface area (Å²) < 4.78 is 6.49. The monoisotopic (exact) mass is 306 g/mol. The summed E-state index contributed by atoms with van der Waals surface area (Å²) in [5, 5.41) is 22.0. The van der Waals surface area contributed by atoms with E-state index in [0.29, 0.717) is 22.7 Å². The van der Waals surface area contributed by atoms with Gasteiger partial charge in [-0.25, -0.2) is 4.68 Å². The van der Waals surface area contributed by atoms with Crippen LogP contribution >= 0.6 is 0 Å². The van der Waals surface area contributed by atoms with E-state index in [2.05, 4.69) is 5.10 Å². The summed E-state index contributed by atoms with van der Waals surface area (Å²) in [4.78, 5) is 12.5. The molecule has 1 aromatic heterocycles. The lowest BCUT2D eigenvalue weighted by molar-refractivity contribution is 0.0944. The summed E-state index contributed by atoms with van der Waals surface area (Å²) >= 11 is 0. The van der Waals surface area contributed by atoms with Gasteiger partial charge in [-0.2, -0.15) is 15.6 Å². The van der Waals surface area contributed by atoms with Crippen molar-refractivity contribution in [1.82, 2.24) is 9.78 Å². The predicted octanol–water partition coefficient (Wildman–Crippen LogP) is 2.65. The van der Waals surface area contributed by atoms with Gasteiger partial charge in [-0.05, 0) is 32.1 Å². The fraction of sp³-hybridized carbons (Fsp3) is 0.176. The molecule has 0 bridgehead atoms. The maximum absolute atomic E-state index is 12.5. The Balaban J connectivity index is 2.40. The zero-order valence-electron chi connectivity index (χ0n) is 12.8. The van der Waals surface area contributed by atoms with Crippen LogP contribution in [-0.4, -0.2) is 22.3 Å². The Morgan fingerprint density at radius 1 is 1.35 bits per heavy atom. The number of ether oxygens (including phenoxy) is 1. The number of nitrogens with zero attached hydrogens (tertiary/aromatic N) is 4. The molecule has 1 heterocycles. The van der Waals surface area contributed by atoms with Gasteiger partial charge in [-0.3, -0.25) is 4.79 Å². The van der Waals surface area contributed by atoms with Crippen LogP contribution in [0.1, 0.15) is 21.7 Å². The SMILES string of the molecule is Cc1cc(C)n(C(=O)/C(C#N)=C/c2ccccc2OCC#N)n1. The van der Waals surface area contributed by atoms with Crippen LogP contribution < -0.4 is 4.74 Å². The second kappa shape index (κ2) is 7.06. The van der Waals surface area contributed by atoms with Gasteiger partial charge < -0.3 is 4.74 Å². The van der Waals surface area contributed by atoms with Gasteiger partial charge in [0.05, 0.1) is 5.69 Å². The molecule has 0 saturated carbocycles. The van der Waals surface area contributed by atoms with Gasteiger partial charge >= 0.3 is 0 Å². The summed E-state index contributed by atoms with van der Waals surface area (Å²) in [5.74, 6) is -0.0730. The number of allylic oxidation sites excluding steroid dienone is 1. The molecule has 2 rings (SSSR count). The van der Waals surface area contributed by atoms with Crippen molar-refractivity contribution < 1.29 is 9.53 Å². The minimum absolute atomic E-state index is 0.0655. The Morgan fingerprint density at radius 2 is 2.09 bits per heavy atom. The van der Waals surface area contributed by atoms with Gasteiger partial charge in [0.1, 0.15) is 23.5 Å². The van der Waals surface area contributed by atoms with E-state index in [0.717, 1.165) is 0 Å². The molecule has 0 amide bonds. The third-order valence-electron chi connectivity index (χ3n) is 3.06. The van der Waals surface area contributed by atoms with Gasteiger partial charge in [0.15, 0.2) is 6.61 Å². The average molecular weight is 306 g/mol. The smallest absolute Gasteiger partial charge is 0.289 e. The maximum atomic E-state index is 12.5. The van der Waals surface area contributed by atoms with Crippen LogP contribution in [0.25, 0.3) is 6.08 Å². The van der Waals surface area contributed by atoms with Crippen molar-refractivity contribution in [1.29, 1.82) is 10.5 Å². The summed E-state index contributed by atoms with van der Waals surface area (Å²) in [7, 11) is 0. The number of nitriles is 2. The number of carbonyl (C=O) groups excluding carboxylic acids is 1. The fourth-order valence-electron chi connectivity index (χ4n) is 2.09. The number of hydrogen-bond donors (Lipinski definition) is 0. The summed E-state index contributed by atoms with van der Waals surface area (Å²) in [6.45, 7) is 3.41. The first kappa shape index (κ1) is 16.0. The van der Waals surface area contributed by atoms with Gasteiger partial charge in [-0.15, -0.1) is 0 Å². The second-order valence-corrected chi connectivity index (χ2v) is 4.80. The number of aromatic nitrogens is 2. The number of carbonyl (C=O) groups is 1. The lowest BCUT2D eigenvalue weighted by Gasteiger charge is -2.06. The van der Waals surface area contributed by atoms with E-state index in [1.165, 1.54) is 10.8 Å². The van der Waals surface area contributed by atoms with E-state index in [4.69, 9.17) is 10.00 Å². The largest absolute Gasteiger partial charge is 0.478 e. The van der Waals surface area contributed by atoms with Crippen LogP contribution in [0.15, 0.2) is 35.9 Å². The van der Waals surface area contributed by atoms with Crippen molar-refractivity contribution >= 4 is 12.0 Å². The van der Waals surface area contributed by atoms with Crippen LogP contribution in [-0.2, 0) is 0 Å². The maximum Gasteiger partial charge on any atom is 0.289 e. The Labute approximate surface area is 133 Å². The third-order valence-corrected chi connectivity index (χ3v) is 3.06. The number of rotatable bonds is 4. The van der Waals surface area contributed by atoms with Crippen molar-refractivity contribution in [2.24, 2.45) is 0 Å². The topological polar surface area (TPSA) is 91.7 Å². The molecule has 0 unspecified atom stereocenters. The molecule has 0 fully saturated rings. The van der Waals surface area contributed by atoms with Crippen LogP contribution in [0.3, 0.4) is 0 Å². The molecule has 0 aliphatic carbocycles. The highest BCUT2D eigenvalue weighted by Gasteiger charge is 2.16. The minimum atomic E-state index is -0.506.